The summed E-state index contributed by atoms with van der Waals surface area (Å²) in [6, 6.07) is 3.80. The van der Waals surface area contributed by atoms with Crippen LogP contribution in [0.4, 0.5) is 0 Å². The average molecular weight is 410 g/mol. The number of hydrazine groups is 1. The molecule has 6 rings (SSSR count). The van der Waals surface area contributed by atoms with Gasteiger partial charge in [0.2, 0.25) is 23.6 Å². The van der Waals surface area contributed by atoms with E-state index in [1.807, 2.05) is 0 Å². The first kappa shape index (κ1) is 17.6. The molecule has 0 spiro atoms. The van der Waals surface area contributed by atoms with Gasteiger partial charge in [0.05, 0.1) is 36.4 Å². The van der Waals surface area contributed by atoms with Gasteiger partial charge in [-0.1, -0.05) is 0 Å². The molecule has 2 aromatic rings. The molecule has 4 saturated heterocycles. The highest BCUT2D eigenvalue weighted by atomic mass is 16.3. The topological polar surface area (TPSA) is 108 Å². The molecule has 0 bridgehead atoms. The Labute approximate surface area is 170 Å². The number of likely N-dealkylation sites (N-methyl/N-ethyl adjacent to an activating group) is 2. The molecule has 6 unspecified atom stereocenters. The van der Waals surface area contributed by atoms with Gasteiger partial charge in [-0.05, 0) is 24.3 Å². The second-order valence-corrected chi connectivity index (χ2v) is 8.09. The molecule has 4 aliphatic rings. The molecule has 154 valence electrons. The largest absolute Gasteiger partial charge is 0.468 e. The van der Waals surface area contributed by atoms with Crippen molar-refractivity contribution in [3.8, 4) is 0 Å². The first-order valence-electron chi connectivity index (χ1n) is 9.69. The third kappa shape index (κ3) is 1.86. The molecular formula is C20H18N4O6. The number of imide groups is 2. The molecule has 6 heterocycles. The van der Waals surface area contributed by atoms with Crippen LogP contribution in [-0.4, -0.2) is 69.6 Å². The summed E-state index contributed by atoms with van der Waals surface area (Å²) in [6.07, 6.45) is 2.98. The predicted molar refractivity (Wildman–Crippen MR) is 96.7 cm³/mol. The first-order valence-corrected chi connectivity index (χ1v) is 9.69. The van der Waals surface area contributed by atoms with Gasteiger partial charge in [0.15, 0.2) is 0 Å². The lowest BCUT2D eigenvalue weighted by Gasteiger charge is -2.33. The van der Waals surface area contributed by atoms with Crippen LogP contribution in [0, 0.1) is 11.8 Å². The van der Waals surface area contributed by atoms with Crippen molar-refractivity contribution >= 4 is 23.6 Å². The van der Waals surface area contributed by atoms with Crippen LogP contribution in [0.5, 0.6) is 0 Å². The van der Waals surface area contributed by atoms with Crippen LogP contribution in [0.15, 0.2) is 45.6 Å². The molecule has 4 aliphatic heterocycles. The maximum absolute atomic E-state index is 13.1. The summed E-state index contributed by atoms with van der Waals surface area (Å²) in [5.74, 6) is -1.96. The number of hydrogen-bond acceptors (Lipinski definition) is 8. The molecule has 0 N–H and O–H groups in total. The zero-order valence-corrected chi connectivity index (χ0v) is 16.2. The normalized spacial score (nSPS) is 36.2. The lowest BCUT2D eigenvalue weighted by atomic mass is 9.87. The Hall–Kier alpha value is -3.24. The van der Waals surface area contributed by atoms with Gasteiger partial charge in [0, 0.05) is 14.1 Å². The van der Waals surface area contributed by atoms with E-state index in [2.05, 4.69) is 0 Å². The van der Waals surface area contributed by atoms with E-state index >= 15 is 0 Å². The van der Waals surface area contributed by atoms with Crippen molar-refractivity contribution in [2.75, 3.05) is 14.1 Å². The van der Waals surface area contributed by atoms with Crippen LogP contribution >= 0.6 is 0 Å². The Morgan fingerprint density at radius 2 is 1.03 bits per heavy atom. The van der Waals surface area contributed by atoms with Gasteiger partial charge in [-0.2, -0.15) is 0 Å². The molecule has 0 radical (unpaired) electrons. The van der Waals surface area contributed by atoms with Gasteiger partial charge >= 0.3 is 0 Å². The lowest BCUT2D eigenvalue weighted by molar-refractivity contribution is -0.152. The van der Waals surface area contributed by atoms with Crippen molar-refractivity contribution in [3.63, 3.8) is 0 Å². The summed E-state index contributed by atoms with van der Waals surface area (Å²) in [5, 5.41) is 3.44. The fraction of sp³-hybridized carbons (Fsp3) is 0.400. The zero-order chi connectivity index (χ0) is 20.9. The minimum absolute atomic E-state index is 0.333. The van der Waals surface area contributed by atoms with Crippen molar-refractivity contribution in [1.82, 2.24) is 19.8 Å². The molecule has 2 aromatic heterocycles. The highest BCUT2D eigenvalue weighted by Gasteiger charge is 2.73. The van der Waals surface area contributed by atoms with Crippen LogP contribution in [0.3, 0.4) is 0 Å². The predicted octanol–water partition coefficient (Wildman–Crippen LogP) is 0.168. The lowest BCUT2D eigenvalue weighted by Crippen LogP contribution is -2.49. The SMILES string of the molecule is CN1C(=O)C2C(C1=O)N1C(c3ccco3)C3C(=O)N(C)C(=O)C3N1C2c1ccco1. The Morgan fingerprint density at radius 3 is 1.37 bits per heavy atom. The summed E-state index contributed by atoms with van der Waals surface area (Å²) in [6.45, 7) is 0. The first-order chi connectivity index (χ1) is 14.4. The fourth-order valence-corrected chi connectivity index (χ4v) is 5.59. The number of likely N-dealkylation sites (tertiary alicyclic amines) is 2. The monoisotopic (exact) mass is 410 g/mol. The Balaban J connectivity index is 1.59. The third-order valence-electron chi connectivity index (χ3n) is 6.84. The smallest absolute Gasteiger partial charge is 0.248 e. The van der Waals surface area contributed by atoms with Crippen molar-refractivity contribution in [1.29, 1.82) is 0 Å². The maximum atomic E-state index is 13.1. The van der Waals surface area contributed by atoms with Crippen LogP contribution in [0.2, 0.25) is 0 Å². The molecule has 10 nitrogen and oxygen atoms in total. The number of carbonyl (C=O) groups is 4. The minimum atomic E-state index is -0.843. The van der Waals surface area contributed by atoms with Gasteiger partial charge in [-0.15, -0.1) is 0 Å². The summed E-state index contributed by atoms with van der Waals surface area (Å²) >= 11 is 0. The van der Waals surface area contributed by atoms with Crippen LogP contribution in [-0.2, 0) is 19.2 Å². The van der Waals surface area contributed by atoms with Crippen molar-refractivity contribution in [2.24, 2.45) is 11.8 Å². The summed E-state index contributed by atoms with van der Waals surface area (Å²) in [4.78, 5) is 54.6. The van der Waals surface area contributed by atoms with Crippen LogP contribution in [0.1, 0.15) is 23.6 Å². The van der Waals surface area contributed by atoms with Gasteiger partial charge < -0.3 is 8.83 Å². The maximum Gasteiger partial charge on any atom is 0.248 e. The van der Waals surface area contributed by atoms with E-state index in [0.29, 0.717) is 11.5 Å². The fourth-order valence-electron chi connectivity index (χ4n) is 5.59. The number of furan rings is 2. The minimum Gasteiger partial charge on any atom is -0.468 e. The van der Waals surface area contributed by atoms with Gasteiger partial charge in [-0.25, -0.2) is 10.0 Å². The number of amides is 4. The summed E-state index contributed by atoms with van der Waals surface area (Å²) < 4.78 is 11.3. The molecule has 0 saturated carbocycles. The number of hydrogen-bond donors (Lipinski definition) is 0. The van der Waals surface area contributed by atoms with E-state index in [4.69, 9.17) is 8.83 Å². The average Bonchev–Trinajstić information content (AvgIpc) is 3.54. The molecule has 10 heteroatoms. The van der Waals surface area contributed by atoms with Gasteiger partial charge in [0.1, 0.15) is 23.6 Å². The van der Waals surface area contributed by atoms with Gasteiger partial charge in [0.25, 0.3) is 0 Å². The Kier molecular flexibility index (Phi) is 3.33. The van der Waals surface area contributed by atoms with E-state index in [9.17, 15) is 19.2 Å². The van der Waals surface area contributed by atoms with E-state index in [0.717, 1.165) is 9.80 Å². The van der Waals surface area contributed by atoms with Crippen molar-refractivity contribution in [3.05, 3.63) is 48.3 Å². The Morgan fingerprint density at radius 1 is 0.633 bits per heavy atom. The molecule has 6 atom stereocenters. The number of rotatable bonds is 2. The zero-order valence-electron chi connectivity index (χ0n) is 16.2. The van der Waals surface area contributed by atoms with E-state index in [1.54, 1.807) is 34.3 Å². The number of carbonyl (C=O) groups excluding carboxylic acids is 4. The highest BCUT2D eigenvalue weighted by Crippen LogP contribution is 2.58. The Bertz CT molecular complexity index is 993. The van der Waals surface area contributed by atoms with Crippen molar-refractivity contribution in [2.45, 2.75) is 24.2 Å². The summed E-state index contributed by atoms with van der Waals surface area (Å²) in [7, 11) is 2.91. The van der Waals surface area contributed by atoms with Crippen LogP contribution in [0.25, 0.3) is 0 Å². The standard InChI is InChI=1S/C20H18N4O6/c1-21-17(25)11-13(9-5-3-7-29-9)24-16-12(18(26)22(2)20(16)28)14(10-6-4-8-30-10)23(24)15(11)19(21)27/h3-8,11-16H,1-2H3. The molecular weight excluding hydrogens is 392 g/mol. The molecule has 4 fully saturated rings. The molecule has 0 aromatic carbocycles. The quantitative estimate of drug-likeness (QED) is 0.645. The third-order valence-corrected chi connectivity index (χ3v) is 6.84. The second kappa shape index (κ2) is 5.67. The van der Waals surface area contributed by atoms with E-state index in [-0.39, 0.29) is 23.6 Å². The molecule has 4 amide bonds. The number of nitrogens with zero attached hydrogens (tertiary/aromatic N) is 4. The van der Waals surface area contributed by atoms with Gasteiger partial charge in [-0.3, -0.25) is 29.0 Å². The van der Waals surface area contributed by atoms with Crippen LogP contribution < -0.4 is 0 Å². The second-order valence-electron chi connectivity index (χ2n) is 8.09. The molecule has 0 aliphatic carbocycles. The van der Waals surface area contributed by atoms with Crippen molar-refractivity contribution < 1.29 is 28.0 Å². The highest BCUT2D eigenvalue weighted by molar-refractivity contribution is 6.10. The van der Waals surface area contributed by atoms with E-state index < -0.39 is 36.0 Å². The molecule has 30 heavy (non-hydrogen) atoms. The summed E-state index contributed by atoms with van der Waals surface area (Å²) in [5.41, 5.74) is 0. The number of fused-ring (bicyclic) bond motifs is 5. The van der Waals surface area contributed by atoms with E-state index in [1.165, 1.54) is 26.6 Å².